The van der Waals surface area contributed by atoms with Gasteiger partial charge in [-0.15, -0.1) is 0 Å². The van der Waals surface area contributed by atoms with Crippen LogP contribution < -0.4 is 15.2 Å². The minimum atomic E-state index is -0.795. The molecule has 1 aliphatic rings. The molecule has 0 aliphatic carbocycles. The number of rotatable bonds is 5. The van der Waals surface area contributed by atoms with Crippen LogP contribution in [0.1, 0.15) is 16.1 Å². The zero-order valence-corrected chi connectivity index (χ0v) is 14.2. The summed E-state index contributed by atoms with van der Waals surface area (Å²) in [6.07, 6.45) is 2.68. The van der Waals surface area contributed by atoms with Gasteiger partial charge < -0.3 is 24.8 Å². The van der Waals surface area contributed by atoms with Crippen molar-refractivity contribution in [2.45, 2.75) is 6.54 Å². The van der Waals surface area contributed by atoms with Gasteiger partial charge in [0.05, 0.1) is 0 Å². The Balaban J connectivity index is 1.55. The number of likely N-dealkylation sites (N-methyl/N-ethyl adjacent to an activating group) is 1. The van der Waals surface area contributed by atoms with Crippen LogP contribution in [0.5, 0.6) is 11.5 Å². The SMILES string of the molecule is CN(Cc1ccc2c(c1)OCCO2)C(=O)COC(=O)c1nccnc1N. The van der Waals surface area contributed by atoms with Crippen molar-refractivity contribution in [3.63, 3.8) is 0 Å². The van der Waals surface area contributed by atoms with Gasteiger partial charge in [-0.3, -0.25) is 4.79 Å². The molecule has 2 aromatic rings. The van der Waals surface area contributed by atoms with Gasteiger partial charge in [-0.25, -0.2) is 14.8 Å². The number of esters is 1. The highest BCUT2D eigenvalue weighted by atomic mass is 16.6. The molecular weight excluding hydrogens is 340 g/mol. The predicted octanol–water partition coefficient (Wildman–Crippen LogP) is 0.645. The largest absolute Gasteiger partial charge is 0.486 e. The molecule has 9 heteroatoms. The normalized spacial score (nSPS) is 12.3. The average Bonchev–Trinajstić information content (AvgIpc) is 2.66. The Morgan fingerprint density at radius 1 is 1.19 bits per heavy atom. The highest BCUT2D eigenvalue weighted by molar-refractivity contribution is 5.93. The van der Waals surface area contributed by atoms with Gasteiger partial charge in [-0.2, -0.15) is 0 Å². The van der Waals surface area contributed by atoms with E-state index in [0.29, 0.717) is 31.3 Å². The highest BCUT2D eigenvalue weighted by Gasteiger charge is 2.18. The molecule has 26 heavy (non-hydrogen) atoms. The van der Waals surface area contributed by atoms with Crippen LogP contribution in [0.2, 0.25) is 0 Å². The van der Waals surface area contributed by atoms with Crippen molar-refractivity contribution in [2.24, 2.45) is 0 Å². The quantitative estimate of drug-likeness (QED) is 0.774. The minimum Gasteiger partial charge on any atom is -0.486 e. The summed E-state index contributed by atoms with van der Waals surface area (Å²) >= 11 is 0. The summed E-state index contributed by atoms with van der Waals surface area (Å²) in [6.45, 7) is 0.926. The first-order valence-electron chi connectivity index (χ1n) is 7.90. The van der Waals surface area contributed by atoms with E-state index in [-0.39, 0.29) is 17.4 Å². The zero-order chi connectivity index (χ0) is 18.5. The van der Waals surface area contributed by atoms with E-state index >= 15 is 0 Å². The molecule has 1 aromatic carbocycles. The number of fused-ring (bicyclic) bond motifs is 1. The standard InChI is InChI=1S/C17H18N4O5/c1-21(9-11-2-3-12-13(8-11)25-7-6-24-12)14(22)10-26-17(23)15-16(18)20-5-4-19-15/h2-5,8H,6-7,9-10H2,1H3,(H2,18,20). The summed E-state index contributed by atoms with van der Waals surface area (Å²) in [7, 11) is 1.61. The molecule has 0 radical (unpaired) electrons. The monoisotopic (exact) mass is 358 g/mol. The third-order valence-electron chi connectivity index (χ3n) is 3.70. The van der Waals surface area contributed by atoms with Crippen molar-refractivity contribution in [3.8, 4) is 11.5 Å². The summed E-state index contributed by atoms with van der Waals surface area (Å²) in [6, 6.07) is 5.48. The van der Waals surface area contributed by atoms with Crippen LogP contribution in [0.3, 0.4) is 0 Å². The van der Waals surface area contributed by atoms with Gasteiger partial charge in [0.15, 0.2) is 29.6 Å². The first-order chi connectivity index (χ1) is 12.5. The molecule has 3 rings (SSSR count). The van der Waals surface area contributed by atoms with Gasteiger partial charge >= 0.3 is 5.97 Å². The number of benzene rings is 1. The van der Waals surface area contributed by atoms with Crippen LogP contribution in [0, 0.1) is 0 Å². The number of amides is 1. The number of carbonyl (C=O) groups excluding carboxylic acids is 2. The van der Waals surface area contributed by atoms with Gasteiger partial charge in [0.25, 0.3) is 5.91 Å². The second-order valence-electron chi connectivity index (χ2n) is 5.59. The molecule has 0 bridgehead atoms. The molecule has 9 nitrogen and oxygen atoms in total. The van der Waals surface area contributed by atoms with Gasteiger partial charge in [-0.1, -0.05) is 6.07 Å². The first-order valence-corrected chi connectivity index (χ1v) is 7.90. The van der Waals surface area contributed by atoms with Gasteiger partial charge in [-0.05, 0) is 17.7 Å². The lowest BCUT2D eigenvalue weighted by Crippen LogP contribution is -2.31. The lowest BCUT2D eigenvalue weighted by molar-refractivity contribution is -0.133. The van der Waals surface area contributed by atoms with Crippen LogP contribution >= 0.6 is 0 Å². The number of nitrogens with zero attached hydrogens (tertiary/aromatic N) is 3. The number of aromatic nitrogens is 2. The summed E-state index contributed by atoms with van der Waals surface area (Å²) in [5.74, 6) is 0.130. The number of nitrogen functional groups attached to an aromatic ring is 1. The van der Waals surface area contributed by atoms with Gasteiger partial charge in [0.2, 0.25) is 0 Å². The van der Waals surface area contributed by atoms with E-state index in [1.807, 2.05) is 12.1 Å². The predicted molar refractivity (Wildman–Crippen MR) is 90.6 cm³/mol. The third-order valence-corrected chi connectivity index (χ3v) is 3.70. The summed E-state index contributed by atoms with van der Waals surface area (Å²) < 4.78 is 15.9. The van der Waals surface area contributed by atoms with E-state index in [4.69, 9.17) is 19.9 Å². The van der Waals surface area contributed by atoms with Crippen molar-refractivity contribution >= 4 is 17.7 Å². The highest BCUT2D eigenvalue weighted by Crippen LogP contribution is 2.31. The van der Waals surface area contributed by atoms with Crippen molar-refractivity contribution in [1.29, 1.82) is 0 Å². The average molecular weight is 358 g/mol. The van der Waals surface area contributed by atoms with E-state index in [0.717, 1.165) is 5.56 Å². The molecular formula is C17H18N4O5. The minimum absolute atomic E-state index is 0.0467. The Hall–Kier alpha value is -3.36. The van der Waals surface area contributed by atoms with Crippen molar-refractivity contribution in [2.75, 3.05) is 32.6 Å². The number of hydrogen-bond donors (Lipinski definition) is 1. The molecule has 1 amide bonds. The molecule has 0 saturated carbocycles. The fraction of sp³-hybridized carbons (Fsp3) is 0.294. The van der Waals surface area contributed by atoms with E-state index in [9.17, 15) is 9.59 Å². The Labute approximate surface area is 149 Å². The summed E-state index contributed by atoms with van der Waals surface area (Å²) in [4.78, 5) is 33.1. The molecule has 0 atom stereocenters. The molecule has 0 saturated heterocycles. The molecule has 2 heterocycles. The fourth-order valence-electron chi connectivity index (χ4n) is 2.36. The van der Waals surface area contributed by atoms with E-state index in [1.165, 1.54) is 17.3 Å². The Kier molecular flexibility index (Phi) is 5.16. The van der Waals surface area contributed by atoms with Crippen molar-refractivity contribution < 1.29 is 23.8 Å². The van der Waals surface area contributed by atoms with Crippen molar-refractivity contribution in [1.82, 2.24) is 14.9 Å². The molecule has 1 aromatic heterocycles. The Morgan fingerprint density at radius 2 is 1.92 bits per heavy atom. The second-order valence-corrected chi connectivity index (χ2v) is 5.59. The first kappa shape index (κ1) is 17.5. The topological polar surface area (TPSA) is 117 Å². The molecule has 1 aliphatic heterocycles. The number of hydrogen-bond acceptors (Lipinski definition) is 8. The molecule has 136 valence electrons. The van der Waals surface area contributed by atoms with Gasteiger partial charge in [0, 0.05) is 26.0 Å². The number of anilines is 1. The number of ether oxygens (including phenoxy) is 3. The molecule has 2 N–H and O–H groups in total. The number of carbonyl (C=O) groups is 2. The lowest BCUT2D eigenvalue weighted by atomic mass is 10.2. The Morgan fingerprint density at radius 3 is 2.69 bits per heavy atom. The maximum atomic E-state index is 12.2. The number of nitrogens with two attached hydrogens (primary N) is 1. The fourth-order valence-corrected chi connectivity index (χ4v) is 2.36. The van der Waals surface area contributed by atoms with E-state index in [2.05, 4.69) is 9.97 Å². The van der Waals surface area contributed by atoms with Crippen LogP contribution in [-0.2, 0) is 16.1 Å². The van der Waals surface area contributed by atoms with Gasteiger partial charge in [0.1, 0.15) is 13.2 Å². The third kappa shape index (κ3) is 4.00. The second kappa shape index (κ2) is 7.68. The maximum Gasteiger partial charge on any atom is 0.361 e. The molecule has 0 unspecified atom stereocenters. The van der Waals surface area contributed by atoms with Crippen LogP contribution in [0.15, 0.2) is 30.6 Å². The lowest BCUT2D eigenvalue weighted by Gasteiger charge is -2.21. The van der Waals surface area contributed by atoms with Crippen LogP contribution in [-0.4, -0.2) is 53.6 Å². The van der Waals surface area contributed by atoms with Crippen LogP contribution in [0.4, 0.5) is 5.82 Å². The molecule has 0 spiro atoms. The van der Waals surface area contributed by atoms with E-state index in [1.54, 1.807) is 13.1 Å². The van der Waals surface area contributed by atoms with Crippen molar-refractivity contribution in [3.05, 3.63) is 41.9 Å². The summed E-state index contributed by atoms with van der Waals surface area (Å²) in [5.41, 5.74) is 6.31. The summed E-state index contributed by atoms with van der Waals surface area (Å²) in [5, 5.41) is 0. The van der Waals surface area contributed by atoms with Crippen LogP contribution in [0.25, 0.3) is 0 Å². The smallest absolute Gasteiger partial charge is 0.361 e. The van der Waals surface area contributed by atoms with E-state index < -0.39 is 12.6 Å². The maximum absolute atomic E-state index is 12.2. The Bertz CT molecular complexity index is 827. The zero-order valence-electron chi connectivity index (χ0n) is 14.2. The molecule has 0 fully saturated rings.